The van der Waals surface area contributed by atoms with Crippen molar-refractivity contribution in [2.75, 3.05) is 6.26 Å². The Morgan fingerprint density at radius 2 is 2.04 bits per heavy atom. The van der Waals surface area contributed by atoms with Gasteiger partial charge in [-0.3, -0.25) is 0 Å². The number of ether oxygens (including phenoxy) is 1. The van der Waals surface area contributed by atoms with Crippen LogP contribution < -0.4 is 4.74 Å². The molecule has 0 amide bonds. The molecule has 3 rings (SSSR count). The van der Waals surface area contributed by atoms with Crippen LogP contribution in [0.25, 0.3) is 21.2 Å². The number of hydrogen-bond acceptors (Lipinski definition) is 6. The molecule has 2 heterocycles. The van der Waals surface area contributed by atoms with Crippen LogP contribution in [0.5, 0.6) is 5.88 Å². The Bertz CT molecular complexity index is 1030. The Labute approximate surface area is 168 Å². The lowest BCUT2D eigenvalue weighted by Crippen LogP contribution is -2.25. The predicted molar refractivity (Wildman–Crippen MR) is 108 cm³/mol. The predicted octanol–water partition coefficient (Wildman–Crippen LogP) is 4.64. The van der Waals surface area contributed by atoms with Crippen LogP contribution in [0.1, 0.15) is 44.7 Å². The van der Waals surface area contributed by atoms with Crippen molar-refractivity contribution in [3.8, 4) is 5.88 Å². The number of nitrogens with zero attached hydrogens (tertiary/aromatic N) is 5. The molecule has 3 atom stereocenters. The molecule has 150 valence electrons. The van der Waals surface area contributed by atoms with E-state index in [1.165, 1.54) is 6.26 Å². The molecule has 1 aliphatic rings. The first kappa shape index (κ1) is 20.6. The van der Waals surface area contributed by atoms with Crippen molar-refractivity contribution < 1.29 is 13.2 Å². The van der Waals surface area contributed by atoms with Gasteiger partial charge in [0.05, 0.1) is 22.8 Å². The van der Waals surface area contributed by atoms with Gasteiger partial charge in [-0.15, -0.1) is 0 Å². The number of azide groups is 1. The lowest BCUT2D eigenvalue weighted by atomic mass is 10.00. The van der Waals surface area contributed by atoms with E-state index in [-0.39, 0.29) is 12.1 Å². The molecule has 1 saturated carbocycles. The van der Waals surface area contributed by atoms with E-state index < -0.39 is 15.1 Å². The number of sulfone groups is 1. The normalized spacial score (nSPS) is 17.6. The second-order valence-corrected chi connectivity index (χ2v) is 10.2. The van der Waals surface area contributed by atoms with E-state index in [0.717, 1.165) is 23.8 Å². The topological polar surface area (TPSA) is 118 Å². The molecule has 2 aromatic heterocycles. The molecule has 0 N–H and O–H groups in total. The molecule has 0 bridgehead atoms. The number of hydrogen-bond donors (Lipinski definition) is 0. The van der Waals surface area contributed by atoms with Gasteiger partial charge < -0.3 is 4.74 Å². The van der Waals surface area contributed by atoms with Crippen molar-refractivity contribution in [3.05, 3.63) is 39.6 Å². The maximum Gasteiger partial charge on any atom is 0.223 e. The van der Waals surface area contributed by atoms with Gasteiger partial charge in [0.15, 0.2) is 0 Å². The zero-order chi connectivity index (χ0) is 20.5. The molecule has 2 aromatic rings. The van der Waals surface area contributed by atoms with Gasteiger partial charge in [0.25, 0.3) is 0 Å². The fraction of sp³-hybridized carbons (Fsp3) is 0.556. The van der Waals surface area contributed by atoms with Gasteiger partial charge in [-0.25, -0.2) is 18.4 Å². The van der Waals surface area contributed by atoms with Crippen molar-refractivity contribution in [1.29, 1.82) is 0 Å². The van der Waals surface area contributed by atoms with Gasteiger partial charge >= 0.3 is 0 Å². The molecule has 0 aliphatic heterocycles. The third-order valence-corrected chi connectivity index (χ3v) is 6.86. The van der Waals surface area contributed by atoms with Crippen LogP contribution in [0.15, 0.2) is 23.6 Å². The van der Waals surface area contributed by atoms with Crippen molar-refractivity contribution in [1.82, 2.24) is 9.97 Å². The van der Waals surface area contributed by atoms with Crippen LogP contribution in [0.3, 0.4) is 0 Å². The minimum absolute atomic E-state index is 0.300. The van der Waals surface area contributed by atoms with Gasteiger partial charge in [0.2, 0.25) is 5.88 Å². The Hall–Kier alpha value is -2.09. The molecule has 1 fully saturated rings. The maximum absolute atomic E-state index is 11.7. The van der Waals surface area contributed by atoms with Crippen LogP contribution >= 0.6 is 11.6 Å². The average Bonchev–Trinajstić information content (AvgIpc) is 3.44. The number of halogens is 1. The van der Waals surface area contributed by atoms with Crippen LogP contribution in [-0.4, -0.2) is 36.0 Å². The van der Waals surface area contributed by atoms with Crippen LogP contribution in [0.2, 0.25) is 5.15 Å². The molecule has 0 saturated heterocycles. The average molecular weight is 424 g/mol. The highest BCUT2D eigenvalue weighted by Gasteiger charge is 2.33. The summed E-state index contributed by atoms with van der Waals surface area (Å²) in [6, 6.07) is 1.41. The standard InChI is InChI=1S/C18H22ClN5O3S/c1-10(6-11(2)28(3,25)26)27-18-15-9-21-16(19)7-13(15)14(8-22-18)17(23-24-20)12-4-5-12/h7-12,17H,4-6H2,1-3H3/t10-,11-,17+/m1/s1. The first-order valence-corrected chi connectivity index (χ1v) is 11.4. The highest BCUT2D eigenvalue weighted by Crippen LogP contribution is 2.46. The third kappa shape index (κ3) is 4.66. The van der Waals surface area contributed by atoms with Gasteiger partial charge in [0, 0.05) is 30.0 Å². The van der Waals surface area contributed by atoms with E-state index in [2.05, 4.69) is 20.0 Å². The van der Waals surface area contributed by atoms with Crippen LogP contribution in [0.4, 0.5) is 0 Å². The molecular formula is C18H22ClN5O3S. The lowest BCUT2D eigenvalue weighted by Gasteiger charge is -2.20. The first-order valence-electron chi connectivity index (χ1n) is 9.04. The van der Waals surface area contributed by atoms with Crippen molar-refractivity contribution in [2.24, 2.45) is 11.0 Å². The Morgan fingerprint density at radius 1 is 1.32 bits per heavy atom. The minimum atomic E-state index is -3.14. The molecule has 8 nitrogen and oxygen atoms in total. The van der Waals surface area contributed by atoms with Crippen molar-refractivity contribution in [2.45, 2.75) is 50.5 Å². The van der Waals surface area contributed by atoms with E-state index in [4.69, 9.17) is 21.9 Å². The monoisotopic (exact) mass is 423 g/mol. The molecule has 1 aliphatic carbocycles. The van der Waals surface area contributed by atoms with Gasteiger partial charge in [0.1, 0.15) is 15.0 Å². The van der Waals surface area contributed by atoms with Crippen molar-refractivity contribution >= 4 is 32.2 Å². The summed E-state index contributed by atoms with van der Waals surface area (Å²) in [5, 5.41) is 5.19. The van der Waals surface area contributed by atoms with Gasteiger partial charge in [-0.2, -0.15) is 0 Å². The molecule has 10 heteroatoms. The number of aromatic nitrogens is 2. The molecule has 0 unspecified atom stereocenters. The fourth-order valence-electron chi connectivity index (χ4n) is 3.19. The van der Waals surface area contributed by atoms with Gasteiger partial charge in [-0.05, 0) is 55.2 Å². The summed E-state index contributed by atoms with van der Waals surface area (Å²) < 4.78 is 29.3. The highest BCUT2D eigenvalue weighted by molar-refractivity contribution is 7.91. The minimum Gasteiger partial charge on any atom is -0.474 e. The summed E-state index contributed by atoms with van der Waals surface area (Å²) in [6.45, 7) is 3.46. The zero-order valence-electron chi connectivity index (χ0n) is 15.9. The zero-order valence-corrected chi connectivity index (χ0v) is 17.5. The summed E-state index contributed by atoms with van der Waals surface area (Å²) in [4.78, 5) is 11.5. The summed E-state index contributed by atoms with van der Waals surface area (Å²) in [5.41, 5.74) is 9.75. The number of rotatable bonds is 8. The summed E-state index contributed by atoms with van der Waals surface area (Å²) >= 11 is 6.10. The number of pyridine rings is 2. The van der Waals surface area contributed by atoms with E-state index >= 15 is 0 Å². The molecule has 28 heavy (non-hydrogen) atoms. The number of fused-ring (bicyclic) bond motifs is 1. The summed E-state index contributed by atoms with van der Waals surface area (Å²) in [7, 11) is -3.14. The fourth-order valence-corrected chi connectivity index (χ4v) is 3.97. The first-order chi connectivity index (χ1) is 13.2. The third-order valence-electron chi connectivity index (χ3n) is 5.00. The molecule has 0 spiro atoms. The Balaban J connectivity index is 1.97. The summed E-state index contributed by atoms with van der Waals surface area (Å²) in [6.07, 6.45) is 6.43. The van der Waals surface area contributed by atoms with E-state index in [0.29, 0.717) is 28.8 Å². The molecule has 0 radical (unpaired) electrons. The summed E-state index contributed by atoms with van der Waals surface area (Å²) in [5.74, 6) is 0.653. The van der Waals surface area contributed by atoms with E-state index in [1.807, 2.05) is 0 Å². The second-order valence-electron chi connectivity index (χ2n) is 7.36. The van der Waals surface area contributed by atoms with Crippen LogP contribution in [-0.2, 0) is 9.84 Å². The van der Waals surface area contributed by atoms with E-state index in [1.54, 1.807) is 32.3 Å². The molecule has 0 aromatic carbocycles. The maximum atomic E-state index is 11.7. The Kier molecular flexibility index (Phi) is 5.98. The Morgan fingerprint density at radius 3 is 2.64 bits per heavy atom. The smallest absolute Gasteiger partial charge is 0.223 e. The molecular weight excluding hydrogens is 402 g/mol. The van der Waals surface area contributed by atoms with E-state index in [9.17, 15) is 8.42 Å². The quantitative estimate of drug-likeness (QED) is 0.265. The lowest BCUT2D eigenvalue weighted by molar-refractivity contribution is 0.205. The second kappa shape index (κ2) is 8.11. The van der Waals surface area contributed by atoms with Crippen molar-refractivity contribution in [3.63, 3.8) is 0 Å². The SMILES string of the molecule is C[C@H](C[C@@H](C)S(C)(=O)=O)Oc1ncc([C@@H](N=[N+]=[N-])C2CC2)c2cc(Cl)ncc12. The van der Waals surface area contributed by atoms with Crippen LogP contribution in [0, 0.1) is 5.92 Å². The highest BCUT2D eigenvalue weighted by atomic mass is 35.5. The van der Waals surface area contributed by atoms with Gasteiger partial charge in [-0.1, -0.05) is 16.7 Å². The largest absolute Gasteiger partial charge is 0.474 e.